The van der Waals surface area contributed by atoms with Crippen molar-refractivity contribution in [2.75, 3.05) is 26.8 Å². The fourth-order valence-corrected chi connectivity index (χ4v) is 4.75. The van der Waals surface area contributed by atoms with Crippen LogP contribution >= 0.6 is 0 Å². The molecule has 0 spiro atoms. The number of carbonyl (C=O) groups is 2. The lowest BCUT2D eigenvalue weighted by atomic mass is 9.77. The highest BCUT2D eigenvalue weighted by Crippen LogP contribution is 2.51. The van der Waals surface area contributed by atoms with Crippen molar-refractivity contribution in [2.45, 2.75) is 64.9 Å². The van der Waals surface area contributed by atoms with Crippen molar-refractivity contribution >= 4 is 11.8 Å². The Morgan fingerprint density at radius 2 is 1.91 bits per heavy atom. The zero-order valence-electron chi connectivity index (χ0n) is 21.2. The van der Waals surface area contributed by atoms with E-state index in [9.17, 15) is 24.9 Å². The number of amides is 2. The predicted molar refractivity (Wildman–Crippen MR) is 130 cm³/mol. The predicted octanol–water partition coefficient (Wildman–Crippen LogP) is 1.34. The molecule has 0 saturated heterocycles. The number of nitrogens with zero attached hydrogens (tertiary/aromatic N) is 1. The first-order valence-electron chi connectivity index (χ1n) is 12.2. The Morgan fingerprint density at radius 1 is 1.20 bits per heavy atom. The number of nitrogens with one attached hydrogen (secondary N) is 1. The van der Waals surface area contributed by atoms with Gasteiger partial charge < -0.3 is 35.0 Å². The number of ether oxygens (including phenoxy) is 2. The molecular formula is C26H38N2O7. The van der Waals surface area contributed by atoms with Crippen molar-refractivity contribution in [1.82, 2.24) is 10.2 Å². The molecule has 9 nitrogen and oxygen atoms in total. The molecular weight excluding hydrogens is 452 g/mol. The summed E-state index contributed by atoms with van der Waals surface area (Å²) in [6.45, 7) is 7.80. The SMILES string of the molecule is COc1cc(CO)cc2c1O[C@@H]1[C@@H](O)[C@H](N(CCC(C)C)C(=O)C(C)C)C=C(C(=O)NCCO)[C@H]21. The molecule has 1 aromatic rings. The van der Waals surface area contributed by atoms with Gasteiger partial charge in [0.25, 0.3) is 0 Å². The van der Waals surface area contributed by atoms with E-state index in [-0.39, 0.29) is 31.6 Å². The standard InChI is InChI=1S/C26H38N2O7/c1-14(2)6-8-28(26(33)15(3)4)19-12-18(25(32)27-7-9-29)21-17-10-16(13-30)11-20(34-5)23(17)35-24(21)22(19)31/h10-12,14-15,19,21-22,24,29-31H,6-9,13H2,1-5H3,(H,27,32)/t19-,21+,22+,24+/m1/s1. The average Bonchev–Trinajstić information content (AvgIpc) is 3.22. The van der Waals surface area contributed by atoms with Crippen molar-refractivity contribution in [3.8, 4) is 11.5 Å². The molecule has 0 bridgehead atoms. The Bertz CT molecular complexity index is 959. The minimum Gasteiger partial charge on any atom is -0.493 e. The smallest absolute Gasteiger partial charge is 0.247 e. The van der Waals surface area contributed by atoms with E-state index in [2.05, 4.69) is 19.2 Å². The Kier molecular flexibility index (Phi) is 8.79. The second-order valence-corrected chi connectivity index (χ2v) is 9.89. The highest BCUT2D eigenvalue weighted by molar-refractivity contribution is 5.96. The van der Waals surface area contributed by atoms with Gasteiger partial charge >= 0.3 is 0 Å². The molecule has 0 fully saturated rings. The first-order chi connectivity index (χ1) is 16.6. The summed E-state index contributed by atoms with van der Waals surface area (Å²) in [7, 11) is 1.49. The number of rotatable bonds is 10. The van der Waals surface area contributed by atoms with Crippen LogP contribution in [0.5, 0.6) is 11.5 Å². The van der Waals surface area contributed by atoms with Gasteiger partial charge in [0.15, 0.2) is 11.5 Å². The van der Waals surface area contributed by atoms with Crippen LogP contribution in [0.2, 0.25) is 0 Å². The molecule has 0 saturated carbocycles. The summed E-state index contributed by atoms with van der Waals surface area (Å²) < 4.78 is 11.7. The zero-order valence-corrected chi connectivity index (χ0v) is 21.2. The Balaban J connectivity index is 2.12. The van der Waals surface area contributed by atoms with Gasteiger partial charge in [-0.2, -0.15) is 0 Å². The van der Waals surface area contributed by atoms with Crippen LogP contribution in [-0.4, -0.2) is 77.1 Å². The largest absolute Gasteiger partial charge is 0.493 e. The fraction of sp³-hybridized carbons (Fsp3) is 0.615. The van der Waals surface area contributed by atoms with E-state index in [4.69, 9.17) is 9.47 Å². The molecule has 35 heavy (non-hydrogen) atoms. The zero-order chi connectivity index (χ0) is 25.9. The third kappa shape index (κ3) is 5.47. The van der Waals surface area contributed by atoms with Gasteiger partial charge in [-0.3, -0.25) is 9.59 Å². The van der Waals surface area contributed by atoms with Gasteiger partial charge in [-0.15, -0.1) is 0 Å². The van der Waals surface area contributed by atoms with Gasteiger partial charge in [-0.1, -0.05) is 27.7 Å². The first kappa shape index (κ1) is 27.0. The van der Waals surface area contributed by atoms with Crippen molar-refractivity contribution in [2.24, 2.45) is 11.8 Å². The van der Waals surface area contributed by atoms with Crippen LogP contribution in [-0.2, 0) is 16.2 Å². The minimum atomic E-state index is -1.10. The number of aliphatic hydroxyl groups is 3. The maximum Gasteiger partial charge on any atom is 0.247 e. The number of hydrogen-bond acceptors (Lipinski definition) is 7. The third-order valence-electron chi connectivity index (χ3n) is 6.58. The second kappa shape index (κ2) is 11.4. The van der Waals surface area contributed by atoms with Crippen molar-refractivity contribution in [3.63, 3.8) is 0 Å². The lowest BCUT2D eigenvalue weighted by Gasteiger charge is -2.41. The van der Waals surface area contributed by atoms with Gasteiger partial charge in [0.05, 0.1) is 32.3 Å². The van der Waals surface area contributed by atoms with Crippen molar-refractivity contribution in [1.29, 1.82) is 0 Å². The van der Waals surface area contributed by atoms with Gasteiger partial charge in [0.2, 0.25) is 11.8 Å². The molecule has 0 unspecified atom stereocenters. The summed E-state index contributed by atoms with van der Waals surface area (Å²) in [5, 5.41) is 33.2. The highest BCUT2D eigenvalue weighted by Gasteiger charge is 2.51. The summed E-state index contributed by atoms with van der Waals surface area (Å²) in [5.41, 5.74) is 1.57. The first-order valence-corrected chi connectivity index (χ1v) is 12.2. The third-order valence-corrected chi connectivity index (χ3v) is 6.58. The van der Waals surface area contributed by atoms with Gasteiger partial charge in [-0.25, -0.2) is 0 Å². The van der Waals surface area contributed by atoms with Crippen LogP contribution < -0.4 is 14.8 Å². The number of carbonyl (C=O) groups excluding carboxylic acids is 2. The molecule has 194 valence electrons. The Labute approximate surface area is 206 Å². The number of fused-ring (bicyclic) bond motifs is 3. The molecule has 9 heteroatoms. The molecule has 1 heterocycles. The van der Waals surface area contributed by atoms with Crippen molar-refractivity contribution < 1.29 is 34.4 Å². The van der Waals surface area contributed by atoms with Gasteiger partial charge in [0.1, 0.15) is 12.2 Å². The minimum absolute atomic E-state index is 0.0660. The van der Waals surface area contributed by atoms with Crippen LogP contribution in [0.1, 0.15) is 51.2 Å². The average molecular weight is 491 g/mol. The number of methoxy groups -OCH3 is 1. The number of hydrogen-bond donors (Lipinski definition) is 4. The van der Waals surface area contributed by atoms with E-state index in [0.717, 1.165) is 6.42 Å². The summed E-state index contributed by atoms with van der Waals surface area (Å²) >= 11 is 0. The van der Waals surface area contributed by atoms with Crippen LogP contribution in [0.3, 0.4) is 0 Å². The Morgan fingerprint density at radius 3 is 2.49 bits per heavy atom. The van der Waals surface area contributed by atoms with E-state index in [0.29, 0.717) is 40.7 Å². The monoisotopic (exact) mass is 490 g/mol. The molecule has 4 atom stereocenters. The van der Waals surface area contributed by atoms with Crippen molar-refractivity contribution in [3.05, 3.63) is 34.9 Å². The Hall–Kier alpha value is -2.62. The summed E-state index contributed by atoms with van der Waals surface area (Å²) in [4.78, 5) is 28.1. The molecule has 2 aliphatic rings. The summed E-state index contributed by atoms with van der Waals surface area (Å²) in [6, 6.07) is 2.64. The molecule has 0 radical (unpaired) electrons. The summed E-state index contributed by atoms with van der Waals surface area (Å²) in [6.07, 6.45) is 0.471. The second-order valence-electron chi connectivity index (χ2n) is 9.89. The van der Waals surface area contributed by atoms with E-state index in [1.165, 1.54) is 7.11 Å². The molecule has 1 aliphatic carbocycles. The van der Waals surface area contributed by atoms with E-state index < -0.39 is 30.1 Å². The topological polar surface area (TPSA) is 129 Å². The van der Waals surface area contributed by atoms with E-state index in [1.807, 2.05) is 13.8 Å². The maximum atomic E-state index is 13.3. The van der Waals surface area contributed by atoms with Crippen LogP contribution in [0.4, 0.5) is 0 Å². The van der Waals surface area contributed by atoms with E-state index >= 15 is 0 Å². The highest BCUT2D eigenvalue weighted by atomic mass is 16.5. The molecule has 4 N–H and O–H groups in total. The maximum absolute atomic E-state index is 13.3. The van der Waals surface area contributed by atoms with Crippen LogP contribution in [0, 0.1) is 11.8 Å². The molecule has 3 rings (SSSR count). The normalized spacial score (nSPS) is 22.9. The molecule has 1 aliphatic heterocycles. The van der Waals surface area contributed by atoms with E-state index in [1.54, 1.807) is 23.1 Å². The molecule has 2 amide bonds. The summed E-state index contributed by atoms with van der Waals surface area (Å²) in [5.74, 6) is -0.293. The van der Waals surface area contributed by atoms with Gasteiger partial charge in [-0.05, 0) is 36.1 Å². The molecule has 0 aromatic heterocycles. The van der Waals surface area contributed by atoms with Gasteiger partial charge in [0, 0.05) is 30.1 Å². The number of benzene rings is 1. The lowest BCUT2D eigenvalue weighted by Crippen LogP contribution is -2.56. The quantitative estimate of drug-likeness (QED) is 0.390. The molecule has 1 aromatic carbocycles. The fourth-order valence-electron chi connectivity index (χ4n) is 4.75. The number of aliphatic hydroxyl groups excluding tert-OH is 3. The van der Waals surface area contributed by atoms with Crippen LogP contribution in [0.15, 0.2) is 23.8 Å². The lowest BCUT2D eigenvalue weighted by molar-refractivity contribution is -0.140. The van der Waals surface area contributed by atoms with Crippen LogP contribution in [0.25, 0.3) is 0 Å².